The molecule has 37 heavy (non-hydrogen) atoms. The van der Waals surface area contributed by atoms with Gasteiger partial charge in [-0.15, -0.1) is 10.2 Å². The lowest BCUT2D eigenvalue weighted by Crippen LogP contribution is -2.37. The molecule has 2 bridgehead atoms. The molecule has 3 fully saturated rings. The molecule has 4 atom stereocenters. The number of benzene rings is 1. The Morgan fingerprint density at radius 2 is 2.08 bits per heavy atom. The number of nitriles is 1. The first-order valence-electron chi connectivity index (χ1n) is 13.1. The number of nitrogens with one attached hydrogen (secondary N) is 1. The Morgan fingerprint density at radius 3 is 2.78 bits per heavy atom. The largest absolute Gasteiger partial charge is 0.374 e. The van der Waals surface area contributed by atoms with Gasteiger partial charge in [-0.3, -0.25) is 0 Å². The Kier molecular flexibility index (Phi) is 6.09. The number of anilines is 3. The maximum Gasteiger partial charge on any atom is 0.160 e. The van der Waals surface area contributed by atoms with Crippen LogP contribution in [0.1, 0.15) is 42.5 Å². The normalized spacial score (nSPS) is 23.7. The number of hydrogen-bond donors (Lipinski definition) is 1. The molecule has 9 nitrogen and oxygen atoms in total. The fraction of sp³-hybridized carbons (Fsp3) is 0.500. The van der Waals surface area contributed by atoms with E-state index in [-0.39, 0.29) is 6.04 Å². The van der Waals surface area contributed by atoms with Crippen molar-refractivity contribution in [2.45, 2.75) is 50.9 Å². The molecule has 0 amide bonds. The van der Waals surface area contributed by atoms with Gasteiger partial charge >= 0.3 is 0 Å². The molecular formula is C28H34N8O. The molecule has 9 heteroatoms. The summed E-state index contributed by atoms with van der Waals surface area (Å²) in [5, 5.41) is 24.6. The van der Waals surface area contributed by atoms with Crippen LogP contribution in [0.3, 0.4) is 0 Å². The van der Waals surface area contributed by atoms with E-state index in [1.807, 2.05) is 25.3 Å². The van der Waals surface area contributed by atoms with E-state index in [0.29, 0.717) is 23.8 Å². The first-order valence-corrected chi connectivity index (χ1v) is 13.1. The summed E-state index contributed by atoms with van der Waals surface area (Å²) in [6.07, 6.45) is 4.44. The minimum atomic E-state index is -0.0469. The minimum absolute atomic E-state index is 0.0469. The monoisotopic (exact) mass is 498 g/mol. The second-order valence-corrected chi connectivity index (χ2v) is 10.8. The van der Waals surface area contributed by atoms with Crippen LogP contribution < -0.4 is 15.1 Å². The van der Waals surface area contributed by atoms with Gasteiger partial charge in [-0.2, -0.15) is 5.26 Å². The van der Waals surface area contributed by atoms with Gasteiger partial charge in [0, 0.05) is 42.6 Å². The van der Waals surface area contributed by atoms with Crippen molar-refractivity contribution in [1.29, 1.82) is 5.26 Å². The van der Waals surface area contributed by atoms with E-state index >= 15 is 0 Å². The van der Waals surface area contributed by atoms with E-state index in [1.165, 1.54) is 0 Å². The van der Waals surface area contributed by atoms with Gasteiger partial charge in [0.1, 0.15) is 5.82 Å². The van der Waals surface area contributed by atoms with Crippen LogP contribution in [0.2, 0.25) is 0 Å². The molecule has 1 aromatic carbocycles. The molecule has 0 unspecified atom stereocenters. The molecule has 3 aliphatic rings. The molecule has 6 rings (SSSR count). The predicted octanol–water partition coefficient (Wildman–Crippen LogP) is 3.50. The van der Waals surface area contributed by atoms with Gasteiger partial charge in [0.2, 0.25) is 0 Å². The SMILES string of the molecule is Cc1c(C#N)cccc1[C@@H](C)Nc1nnc(N2CC[C@H](N(C)C)C2)c2cnc(N3C[C@H]4C[C@@H]3CO4)cc12. The maximum atomic E-state index is 9.50. The Morgan fingerprint density at radius 1 is 1.22 bits per heavy atom. The fourth-order valence-corrected chi connectivity index (χ4v) is 6.08. The number of ether oxygens (including phenoxy) is 1. The van der Waals surface area contributed by atoms with Crippen LogP contribution in [0.5, 0.6) is 0 Å². The van der Waals surface area contributed by atoms with Crippen LogP contribution in [0.15, 0.2) is 30.5 Å². The van der Waals surface area contributed by atoms with Gasteiger partial charge in [-0.25, -0.2) is 4.98 Å². The summed E-state index contributed by atoms with van der Waals surface area (Å²) in [5.41, 5.74) is 2.76. The minimum Gasteiger partial charge on any atom is -0.374 e. The number of fused-ring (bicyclic) bond motifs is 3. The quantitative estimate of drug-likeness (QED) is 0.548. The summed E-state index contributed by atoms with van der Waals surface area (Å²) in [6.45, 7) is 7.62. The van der Waals surface area contributed by atoms with Crippen LogP contribution in [0.25, 0.3) is 10.8 Å². The highest BCUT2D eigenvalue weighted by molar-refractivity contribution is 5.99. The zero-order chi connectivity index (χ0) is 25.7. The molecule has 3 aliphatic heterocycles. The summed E-state index contributed by atoms with van der Waals surface area (Å²) in [5.74, 6) is 2.60. The van der Waals surface area contributed by atoms with E-state index in [4.69, 9.17) is 19.9 Å². The Labute approximate surface area is 218 Å². The van der Waals surface area contributed by atoms with Gasteiger partial charge in [0.25, 0.3) is 0 Å². The molecule has 0 saturated carbocycles. The van der Waals surface area contributed by atoms with Crippen molar-refractivity contribution >= 4 is 28.2 Å². The van der Waals surface area contributed by atoms with Crippen LogP contribution in [-0.2, 0) is 4.74 Å². The highest BCUT2D eigenvalue weighted by atomic mass is 16.5. The Bertz CT molecular complexity index is 1370. The average Bonchev–Trinajstić information content (AvgIpc) is 3.66. The molecule has 192 valence electrons. The average molecular weight is 499 g/mol. The van der Waals surface area contributed by atoms with Crippen LogP contribution in [0, 0.1) is 18.3 Å². The first-order chi connectivity index (χ1) is 17.9. The summed E-state index contributed by atoms with van der Waals surface area (Å²) in [6, 6.07) is 11.2. The van der Waals surface area contributed by atoms with E-state index in [9.17, 15) is 5.26 Å². The number of morpholine rings is 1. The molecule has 3 aromatic rings. The van der Waals surface area contributed by atoms with E-state index in [1.54, 1.807) is 0 Å². The second kappa shape index (κ2) is 9.43. The van der Waals surface area contributed by atoms with Gasteiger partial charge in [-0.1, -0.05) is 12.1 Å². The van der Waals surface area contributed by atoms with Crippen LogP contribution in [0.4, 0.5) is 17.5 Å². The highest BCUT2D eigenvalue weighted by Gasteiger charge is 2.40. The molecular weight excluding hydrogens is 464 g/mol. The van der Waals surface area contributed by atoms with E-state index in [2.05, 4.69) is 59.2 Å². The van der Waals surface area contributed by atoms with Crippen molar-refractivity contribution < 1.29 is 4.74 Å². The maximum absolute atomic E-state index is 9.50. The third-order valence-corrected chi connectivity index (χ3v) is 8.33. The summed E-state index contributed by atoms with van der Waals surface area (Å²) < 4.78 is 5.82. The number of likely N-dealkylation sites (N-methyl/N-ethyl adjacent to an activating group) is 1. The third-order valence-electron chi connectivity index (χ3n) is 8.33. The first kappa shape index (κ1) is 23.9. The summed E-state index contributed by atoms with van der Waals surface area (Å²) in [7, 11) is 4.27. The van der Waals surface area contributed by atoms with Crippen molar-refractivity contribution in [1.82, 2.24) is 20.1 Å². The molecule has 3 saturated heterocycles. The Hall–Kier alpha value is -3.48. The lowest BCUT2D eigenvalue weighted by molar-refractivity contribution is 0.0989. The van der Waals surface area contributed by atoms with Gasteiger partial charge < -0.3 is 24.8 Å². The van der Waals surface area contributed by atoms with Gasteiger partial charge in [-0.05, 0) is 64.0 Å². The van der Waals surface area contributed by atoms with Gasteiger partial charge in [0.15, 0.2) is 11.6 Å². The van der Waals surface area contributed by atoms with Crippen LogP contribution >= 0.6 is 0 Å². The van der Waals surface area contributed by atoms with E-state index < -0.39 is 0 Å². The van der Waals surface area contributed by atoms with Crippen molar-refractivity contribution in [2.75, 3.05) is 55.5 Å². The summed E-state index contributed by atoms with van der Waals surface area (Å²) >= 11 is 0. The molecule has 1 N–H and O–H groups in total. The standard InChI is InChI=1S/C28H34N8O/c1-17-19(12-29)6-5-7-23(17)18(2)31-27-24-11-26(36-15-22-10-21(36)16-37-22)30-13-25(24)28(33-32-27)35-9-8-20(14-35)34(3)4/h5-7,11,13,18,20-22H,8-10,14-16H2,1-4H3,(H,31,32)/t18-,20+,21-,22-/m1/s1. The van der Waals surface area contributed by atoms with Crippen molar-refractivity contribution in [3.63, 3.8) is 0 Å². The second-order valence-electron chi connectivity index (χ2n) is 10.8. The zero-order valence-corrected chi connectivity index (χ0v) is 22.0. The zero-order valence-electron chi connectivity index (χ0n) is 22.0. The smallest absolute Gasteiger partial charge is 0.160 e. The Balaban J connectivity index is 1.39. The molecule has 0 spiro atoms. The van der Waals surface area contributed by atoms with Gasteiger partial charge in [0.05, 0.1) is 36.4 Å². The van der Waals surface area contributed by atoms with Crippen molar-refractivity contribution in [3.8, 4) is 6.07 Å². The summed E-state index contributed by atoms with van der Waals surface area (Å²) in [4.78, 5) is 11.9. The van der Waals surface area contributed by atoms with Crippen LogP contribution in [-0.4, -0.2) is 78.6 Å². The van der Waals surface area contributed by atoms with Crippen molar-refractivity contribution in [2.24, 2.45) is 0 Å². The lowest BCUT2D eigenvalue weighted by atomic mass is 9.98. The number of nitrogens with zero attached hydrogens (tertiary/aromatic N) is 7. The third kappa shape index (κ3) is 4.24. The van der Waals surface area contributed by atoms with Crippen molar-refractivity contribution in [3.05, 3.63) is 47.2 Å². The topological polar surface area (TPSA) is 93.4 Å². The molecule has 0 aliphatic carbocycles. The number of hydrogen-bond acceptors (Lipinski definition) is 9. The lowest BCUT2D eigenvalue weighted by Gasteiger charge is -2.28. The van der Waals surface area contributed by atoms with E-state index in [0.717, 1.165) is 78.4 Å². The number of aromatic nitrogens is 3. The fourth-order valence-electron chi connectivity index (χ4n) is 6.08. The molecule has 5 heterocycles. The highest BCUT2D eigenvalue weighted by Crippen LogP contribution is 2.37. The number of pyridine rings is 1. The number of rotatable bonds is 6. The molecule has 2 aromatic heterocycles. The molecule has 0 radical (unpaired) electrons. The predicted molar refractivity (Wildman–Crippen MR) is 145 cm³/mol.